The van der Waals surface area contributed by atoms with E-state index in [9.17, 15) is 23.3 Å². The number of hydrogen-bond acceptors (Lipinski definition) is 4. The van der Waals surface area contributed by atoms with Crippen molar-refractivity contribution in [3.8, 4) is 0 Å². The van der Waals surface area contributed by atoms with Crippen molar-refractivity contribution >= 4 is 17.4 Å². The first-order valence-corrected chi connectivity index (χ1v) is 6.13. The summed E-state index contributed by atoms with van der Waals surface area (Å²) in [7, 11) is 0. The van der Waals surface area contributed by atoms with Gasteiger partial charge in [-0.05, 0) is 18.2 Å². The Morgan fingerprint density at radius 1 is 1.15 bits per heavy atom. The SMILES string of the molecule is O=[N+]([O-])c1ccc(Sc2ccncc2)c(C(F)(F)F)c1. The van der Waals surface area contributed by atoms with Crippen LogP contribution in [-0.4, -0.2) is 9.91 Å². The molecule has 0 aliphatic rings. The largest absolute Gasteiger partial charge is 0.417 e. The first-order chi connectivity index (χ1) is 9.38. The lowest BCUT2D eigenvalue weighted by Crippen LogP contribution is -2.07. The molecule has 0 unspecified atom stereocenters. The summed E-state index contributed by atoms with van der Waals surface area (Å²) in [6.45, 7) is 0. The van der Waals surface area contributed by atoms with E-state index in [-0.39, 0.29) is 4.90 Å². The molecule has 104 valence electrons. The van der Waals surface area contributed by atoms with Crippen LogP contribution in [0, 0.1) is 10.1 Å². The van der Waals surface area contributed by atoms with Gasteiger partial charge in [-0.1, -0.05) is 11.8 Å². The standard InChI is InChI=1S/C12H7F3N2O2S/c13-12(14,15)10-7-8(17(18)19)1-2-11(10)20-9-3-5-16-6-4-9/h1-7H. The van der Waals surface area contributed by atoms with Crippen molar-refractivity contribution in [3.05, 3.63) is 58.4 Å². The molecule has 4 nitrogen and oxygen atoms in total. The van der Waals surface area contributed by atoms with Gasteiger partial charge < -0.3 is 0 Å². The van der Waals surface area contributed by atoms with Gasteiger partial charge in [0.05, 0.1) is 10.5 Å². The number of nitro groups is 1. The molecule has 2 aromatic rings. The molecule has 1 aromatic heterocycles. The first-order valence-electron chi connectivity index (χ1n) is 5.31. The second kappa shape index (κ2) is 5.49. The van der Waals surface area contributed by atoms with E-state index >= 15 is 0 Å². The van der Waals surface area contributed by atoms with Gasteiger partial charge in [0, 0.05) is 34.3 Å². The second-order valence-corrected chi connectivity index (χ2v) is 4.84. The van der Waals surface area contributed by atoms with Crippen LogP contribution in [0.15, 0.2) is 52.5 Å². The Bertz CT molecular complexity index is 632. The number of pyridine rings is 1. The Morgan fingerprint density at radius 3 is 2.35 bits per heavy atom. The van der Waals surface area contributed by atoms with Crippen molar-refractivity contribution in [2.75, 3.05) is 0 Å². The highest BCUT2D eigenvalue weighted by atomic mass is 32.2. The van der Waals surface area contributed by atoms with Gasteiger partial charge in [-0.3, -0.25) is 15.1 Å². The van der Waals surface area contributed by atoms with Gasteiger partial charge in [0.1, 0.15) is 0 Å². The highest BCUT2D eigenvalue weighted by Crippen LogP contribution is 2.40. The lowest BCUT2D eigenvalue weighted by molar-refractivity contribution is -0.385. The lowest BCUT2D eigenvalue weighted by Gasteiger charge is -2.12. The lowest BCUT2D eigenvalue weighted by atomic mass is 10.2. The normalized spacial score (nSPS) is 11.3. The minimum absolute atomic E-state index is 0.0886. The summed E-state index contributed by atoms with van der Waals surface area (Å²) in [5, 5.41) is 10.6. The molecule has 0 saturated heterocycles. The fraction of sp³-hybridized carbons (Fsp3) is 0.0833. The van der Waals surface area contributed by atoms with E-state index in [1.807, 2.05) is 0 Å². The van der Waals surface area contributed by atoms with Gasteiger partial charge in [-0.2, -0.15) is 13.2 Å². The maximum absolute atomic E-state index is 12.9. The molecule has 1 aromatic carbocycles. The molecule has 0 atom stereocenters. The van der Waals surface area contributed by atoms with E-state index in [1.165, 1.54) is 12.4 Å². The van der Waals surface area contributed by atoms with Crippen molar-refractivity contribution in [3.63, 3.8) is 0 Å². The molecule has 0 amide bonds. The van der Waals surface area contributed by atoms with Crippen LogP contribution in [0.25, 0.3) is 0 Å². The van der Waals surface area contributed by atoms with Gasteiger partial charge in [0.25, 0.3) is 5.69 Å². The molecule has 0 bridgehead atoms. The highest BCUT2D eigenvalue weighted by molar-refractivity contribution is 7.99. The maximum Gasteiger partial charge on any atom is 0.417 e. The third-order valence-electron chi connectivity index (χ3n) is 2.36. The van der Waals surface area contributed by atoms with E-state index in [0.717, 1.165) is 23.9 Å². The number of alkyl halides is 3. The predicted octanol–water partition coefficient (Wildman–Crippen LogP) is 4.16. The van der Waals surface area contributed by atoms with Crippen LogP contribution >= 0.6 is 11.8 Å². The first kappa shape index (κ1) is 14.3. The number of benzene rings is 1. The van der Waals surface area contributed by atoms with Crippen LogP contribution in [0.3, 0.4) is 0 Å². The Morgan fingerprint density at radius 2 is 1.80 bits per heavy atom. The highest BCUT2D eigenvalue weighted by Gasteiger charge is 2.35. The average Bonchev–Trinajstić information content (AvgIpc) is 2.39. The van der Waals surface area contributed by atoms with E-state index < -0.39 is 22.4 Å². The van der Waals surface area contributed by atoms with Crippen LogP contribution in [0.5, 0.6) is 0 Å². The minimum Gasteiger partial charge on any atom is -0.265 e. The number of non-ortho nitro benzene ring substituents is 1. The van der Waals surface area contributed by atoms with E-state index in [2.05, 4.69) is 4.98 Å². The Balaban J connectivity index is 2.45. The third-order valence-corrected chi connectivity index (χ3v) is 3.44. The molecule has 0 saturated carbocycles. The van der Waals surface area contributed by atoms with Crippen molar-refractivity contribution in [1.82, 2.24) is 4.98 Å². The molecule has 0 aliphatic carbocycles. The molecule has 0 aliphatic heterocycles. The molecule has 2 rings (SSSR count). The van der Waals surface area contributed by atoms with Crippen molar-refractivity contribution in [1.29, 1.82) is 0 Å². The Hall–Kier alpha value is -2.09. The zero-order chi connectivity index (χ0) is 14.8. The predicted molar refractivity (Wildman–Crippen MR) is 66.5 cm³/mol. The summed E-state index contributed by atoms with van der Waals surface area (Å²) in [6.07, 6.45) is -1.73. The molecule has 20 heavy (non-hydrogen) atoms. The number of aromatic nitrogens is 1. The molecule has 0 spiro atoms. The van der Waals surface area contributed by atoms with Crippen LogP contribution < -0.4 is 0 Å². The summed E-state index contributed by atoms with van der Waals surface area (Å²) < 4.78 is 38.8. The zero-order valence-corrected chi connectivity index (χ0v) is 10.6. The molecule has 1 heterocycles. The van der Waals surface area contributed by atoms with E-state index in [0.29, 0.717) is 11.0 Å². The molecular weight excluding hydrogens is 293 g/mol. The topological polar surface area (TPSA) is 56.0 Å². The molecule has 0 radical (unpaired) electrons. The molecule has 8 heteroatoms. The monoisotopic (exact) mass is 300 g/mol. The van der Waals surface area contributed by atoms with Crippen LogP contribution in [0.2, 0.25) is 0 Å². The van der Waals surface area contributed by atoms with Crippen LogP contribution in [-0.2, 0) is 6.18 Å². The number of hydrogen-bond donors (Lipinski definition) is 0. The minimum atomic E-state index is -4.65. The van der Waals surface area contributed by atoms with Gasteiger partial charge >= 0.3 is 6.18 Å². The Kier molecular flexibility index (Phi) is 3.93. The summed E-state index contributed by atoms with van der Waals surface area (Å²) in [4.78, 5) is 14.0. The smallest absolute Gasteiger partial charge is 0.265 e. The van der Waals surface area contributed by atoms with Crippen molar-refractivity contribution in [2.45, 2.75) is 16.0 Å². The summed E-state index contributed by atoms with van der Waals surface area (Å²) in [5.74, 6) is 0. The van der Waals surface area contributed by atoms with E-state index in [4.69, 9.17) is 0 Å². The number of nitrogens with zero attached hydrogens (tertiary/aromatic N) is 2. The third kappa shape index (κ3) is 3.27. The average molecular weight is 300 g/mol. The summed E-state index contributed by atoms with van der Waals surface area (Å²) in [6, 6.07) is 5.83. The molecule has 0 fully saturated rings. The van der Waals surface area contributed by atoms with Gasteiger partial charge in [-0.15, -0.1) is 0 Å². The quantitative estimate of drug-likeness (QED) is 0.631. The Labute approximate surface area is 115 Å². The fourth-order valence-electron chi connectivity index (χ4n) is 1.48. The van der Waals surface area contributed by atoms with Gasteiger partial charge in [0.15, 0.2) is 0 Å². The molecular formula is C12H7F3N2O2S. The van der Waals surface area contributed by atoms with Crippen molar-refractivity contribution < 1.29 is 18.1 Å². The second-order valence-electron chi connectivity index (χ2n) is 3.72. The van der Waals surface area contributed by atoms with Gasteiger partial charge in [-0.25, -0.2) is 0 Å². The van der Waals surface area contributed by atoms with Crippen molar-refractivity contribution in [2.24, 2.45) is 0 Å². The number of halogens is 3. The number of rotatable bonds is 3. The van der Waals surface area contributed by atoms with Crippen LogP contribution in [0.1, 0.15) is 5.56 Å². The van der Waals surface area contributed by atoms with Crippen LogP contribution in [0.4, 0.5) is 18.9 Å². The van der Waals surface area contributed by atoms with E-state index in [1.54, 1.807) is 12.1 Å². The summed E-state index contributed by atoms with van der Waals surface area (Å²) in [5.41, 5.74) is -1.61. The molecule has 0 N–H and O–H groups in total. The van der Waals surface area contributed by atoms with Gasteiger partial charge in [0.2, 0.25) is 0 Å². The summed E-state index contributed by atoms with van der Waals surface area (Å²) >= 11 is 0.879. The zero-order valence-electron chi connectivity index (χ0n) is 9.79. The fourth-order valence-corrected chi connectivity index (χ4v) is 2.41. The number of nitro benzene ring substituents is 1. The maximum atomic E-state index is 12.9.